The summed E-state index contributed by atoms with van der Waals surface area (Å²) in [5, 5.41) is 0. The molecule has 0 N–H and O–H groups in total. The Morgan fingerprint density at radius 1 is 0.632 bits per heavy atom. The Hall–Kier alpha value is -4.71. The molecule has 0 aliphatic rings. The van der Waals surface area contributed by atoms with Gasteiger partial charge in [0.25, 0.3) is 0 Å². The average molecular weight is 511 g/mol. The fourth-order valence-corrected chi connectivity index (χ4v) is 3.75. The van der Waals surface area contributed by atoms with E-state index in [1.165, 1.54) is 13.2 Å². The number of ether oxygens (including phenoxy) is 5. The highest BCUT2D eigenvalue weighted by Crippen LogP contribution is 2.29. The van der Waals surface area contributed by atoms with Gasteiger partial charge in [-0.05, 0) is 59.7 Å². The number of benzene rings is 4. The number of ketones is 1. The lowest BCUT2D eigenvalue weighted by Gasteiger charge is -2.13. The molecule has 0 spiro atoms. The van der Waals surface area contributed by atoms with Crippen LogP contribution in [0.15, 0.2) is 97.1 Å². The van der Waals surface area contributed by atoms with E-state index in [1.807, 2.05) is 72.8 Å². The van der Waals surface area contributed by atoms with Gasteiger partial charge in [0, 0.05) is 17.7 Å². The van der Waals surface area contributed by atoms with E-state index in [0.29, 0.717) is 41.8 Å². The molecule has 194 valence electrons. The topological polar surface area (TPSA) is 63.2 Å². The first-order valence-corrected chi connectivity index (χ1v) is 12.1. The molecule has 0 radical (unpaired) electrons. The molecular formula is C32H30O6. The Labute approximate surface area is 223 Å². The lowest BCUT2D eigenvalue weighted by Crippen LogP contribution is -2.01. The van der Waals surface area contributed by atoms with Crippen LogP contribution >= 0.6 is 0 Å². The lowest BCUT2D eigenvalue weighted by molar-refractivity contribution is 0.104. The van der Waals surface area contributed by atoms with Crippen molar-refractivity contribution < 1.29 is 28.5 Å². The van der Waals surface area contributed by atoms with Crippen molar-refractivity contribution in [2.45, 2.75) is 13.2 Å². The third kappa shape index (κ3) is 6.95. The summed E-state index contributed by atoms with van der Waals surface area (Å²) in [4.78, 5) is 13.0. The molecular weight excluding hydrogens is 480 g/mol. The van der Waals surface area contributed by atoms with Gasteiger partial charge in [0.1, 0.15) is 42.0 Å². The highest BCUT2D eigenvalue weighted by Gasteiger charge is 2.12. The van der Waals surface area contributed by atoms with Crippen molar-refractivity contribution >= 4 is 11.9 Å². The zero-order chi connectivity index (χ0) is 26.7. The molecule has 0 saturated carbocycles. The standard InChI is InChI=1S/C32H30O6/c1-34-26-13-9-24(10-14-26)21-37-28-15-11-25(31(20-28)38-22-23-7-5-4-6-8-23)12-18-30(33)29-17-16-27(35-2)19-32(29)36-3/h4-20H,21-22H2,1-3H3. The number of hydrogen-bond donors (Lipinski definition) is 0. The number of carbonyl (C=O) groups is 1. The number of hydrogen-bond acceptors (Lipinski definition) is 6. The van der Waals surface area contributed by atoms with Crippen LogP contribution in [0, 0.1) is 0 Å². The van der Waals surface area contributed by atoms with Crippen molar-refractivity contribution in [1.29, 1.82) is 0 Å². The van der Waals surface area contributed by atoms with Crippen LogP contribution in [-0.2, 0) is 13.2 Å². The molecule has 4 aromatic carbocycles. The highest BCUT2D eigenvalue weighted by atomic mass is 16.5. The summed E-state index contributed by atoms with van der Waals surface area (Å²) in [6.45, 7) is 0.775. The Balaban J connectivity index is 1.54. The average Bonchev–Trinajstić information content (AvgIpc) is 2.98. The molecule has 4 aromatic rings. The van der Waals surface area contributed by atoms with E-state index in [-0.39, 0.29) is 5.78 Å². The fourth-order valence-electron chi connectivity index (χ4n) is 3.75. The quantitative estimate of drug-likeness (QED) is 0.155. The first-order valence-electron chi connectivity index (χ1n) is 12.1. The van der Waals surface area contributed by atoms with E-state index in [9.17, 15) is 4.79 Å². The SMILES string of the molecule is COc1ccc(COc2ccc(C=CC(=O)c3ccc(OC)cc3OC)c(OCc3ccccc3)c2)cc1. The zero-order valence-electron chi connectivity index (χ0n) is 21.7. The molecule has 0 fully saturated rings. The summed E-state index contributed by atoms with van der Waals surface area (Å²) in [5.74, 6) is 2.92. The van der Waals surface area contributed by atoms with Crippen LogP contribution in [0.4, 0.5) is 0 Å². The Kier molecular flexibility index (Phi) is 9.03. The van der Waals surface area contributed by atoms with E-state index in [2.05, 4.69) is 0 Å². The molecule has 0 bridgehead atoms. The Morgan fingerprint density at radius 2 is 1.26 bits per heavy atom. The monoisotopic (exact) mass is 510 g/mol. The van der Waals surface area contributed by atoms with Crippen LogP contribution in [0.1, 0.15) is 27.0 Å². The maximum atomic E-state index is 13.0. The second-order valence-electron chi connectivity index (χ2n) is 8.37. The van der Waals surface area contributed by atoms with E-state index in [1.54, 1.807) is 38.5 Å². The summed E-state index contributed by atoms with van der Waals surface area (Å²) in [7, 11) is 4.73. The predicted octanol–water partition coefficient (Wildman–Crippen LogP) is 6.77. The molecule has 4 rings (SSSR count). The first-order chi connectivity index (χ1) is 18.6. The second-order valence-corrected chi connectivity index (χ2v) is 8.37. The predicted molar refractivity (Wildman–Crippen MR) is 147 cm³/mol. The molecule has 0 amide bonds. The summed E-state index contributed by atoms with van der Waals surface area (Å²) in [5.41, 5.74) is 3.24. The molecule has 38 heavy (non-hydrogen) atoms. The Bertz CT molecular complexity index is 1380. The van der Waals surface area contributed by atoms with Gasteiger partial charge in [-0.3, -0.25) is 4.79 Å². The van der Waals surface area contributed by atoms with Crippen LogP contribution in [0.5, 0.6) is 28.7 Å². The Morgan fingerprint density at radius 3 is 1.97 bits per heavy atom. The number of rotatable bonds is 12. The summed E-state index contributed by atoms with van der Waals surface area (Å²) in [6.07, 6.45) is 3.24. The van der Waals surface area contributed by atoms with Crippen molar-refractivity contribution in [2.24, 2.45) is 0 Å². The molecule has 0 heterocycles. The van der Waals surface area contributed by atoms with E-state index in [0.717, 1.165) is 22.4 Å². The number of allylic oxidation sites excluding steroid dienone is 1. The van der Waals surface area contributed by atoms with Gasteiger partial charge in [-0.1, -0.05) is 42.5 Å². The van der Waals surface area contributed by atoms with Crippen molar-refractivity contribution in [1.82, 2.24) is 0 Å². The third-order valence-electron chi connectivity index (χ3n) is 5.88. The van der Waals surface area contributed by atoms with Crippen molar-refractivity contribution in [3.05, 3.63) is 119 Å². The molecule has 0 aliphatic heterocycles. The molecule has 6 nitrogen and oxygen atoms in total. The number of methoxy groups -OCH3 is 3. The largest absolute Gasteiger partial charge is 0.497 e. The van der Waals surface area contributed by atoms with Gasteiger partial charge in [-0.25, -0.2) is 0 Å². The molecule has 6 heteroatoms. The second kappa shape index (κ2) is 13.0. The van der Waals surface area contributed by atoms with E-state index in [4.69, 9.17) is 23.7 Å². The normalized spacial score (nSPS) is 10.7. The minimum absolute atomic E-state index is 0.196. The fraction of sp³-hybridized carbons (Fsp3) is 0.156. The van der Waals surface area contributed by atoms with Gasteiger partial charge in [0.2, 0.25) is 0 Å². The van der Waals surface area contributed by atoms with Crippen LogP contribution in [0.2, 0.25) is 0 Å². The smallest absolute Gasteiger partial charge is 0.189 e. The van der Waals surface area contributed by atoms with Crippen LogP contribution in [0.25, 0.3) is 6.08 Å². The summed E-state index contributed by atoms with van der Waals surface area (Å²) >= 11 is 0. The first kappa shape index (κ1) is 26.4. The van der Waals surface area contributed by atoms with E-state index < -0.39 is 0 Å². The maximum Gasteiger partial charge on any atom is 0.189 e. The van der Waals surface area contributed by atoms with Crippen LogP contribution < -0.4 is 23.7 Å². The molecule has 0 aromatic heterocycles. The minimum Gasteiger partial charge on any atom is -0.497 e. The highest BCUT2D eigenvalue weighted by molar-refractivity contribution is 6.08. The van der Waals surface area contributed by atoms with Gasteiger partial charge < -0.3 is 23.7 Å². The van der Waals surface area contributed by atoms with Crippen molar-refractivity contribution in [3.8, 4) is 28.7 Å². The van der Waals surface area contributed by atoms with Crippen molar-refractivity contribution in [2.75, 3.05) is 21.3 Å². The van der Waals surface area contributed by atoms with Gasteiger partial charge in [-0.2, -0.15) is 0 Å². The molecule has 0 unspecified atom stereocenters. The lowest BCUT2D eigenvalue weighted by atomic mass is 10.1. The molecule has 0 aliphatic carbocycles. The van der Waals surface area contributed by atoms with Gasteiger partial charge in [-0.15, -0.1) is 0 Å². The van der Waals surface area contributed by atoms with E-state index >= 15 is 0 Å². The minimum atomic E-state index is -0.196. The third-order valence-corrected chi connectivity index (χ3v) is 5.88. The number of carbonyl (C=O) groups excluding carboxylic acids is 1. The molecule has 0 atom stereocenters. The van der Waals surface area contributed by atoms with Crippen LogP contribution in [0.3, 0.4) is 0 Å². The summed E-state index contributed by atoms with van der Waals surface area (Å²) < 4.78 is 28.0. The van der Waals surface area contributed by atoms with Gasteiger partial charge >= 0.3 is 0 Å². The maximum absolute atomic E-state index is 13.0. The van der Waals surface area contributed by atoms with Crippen molar-refractivity contribution in [3.63, 3.8) is 0 Å². The zero-order valence-corrected chi connectivity index (χ0v) is 21.7. The van der Waals surface area contributed by atoms with Crippen LogP contribution in [-0.4, -0.2) is 27.1 Å². The van der Waals surface area contributed by atoms with Gasteiger partial charge in [0.05, 0.1) is 26.9 Å². The summed E-state index contributed by atoms with van der Waals surface area (Å²) in [6, 6.07) is 28.3. The molecule has 0 saturated heterocycles. The van der Waals surface area contributed by atoms with Gasteiger partial charge in [0.15, 0.2) is 5.78 Å².